The zero-order valence-electron chi connectivity index (χ0n) is 12.7. The lowest BCUT2D eigenvalue weighted by Crippen LogP contribution is -2.14. The number of rotatable bonds is 6. The van der Waals surface area contributed by atoms with E-state index in [4.69, 9.17) is 5.11 Å². The molecular weight excluding hydrogens is 294 g/mol. The minimum Gasteiger partial charge on any atom is -0.478 e. The van der Waals surface area contributed by atoms with Gasteiger partial charge in [-0.1, -0.05) is 35.9 Å². The first-order valence-corrected chi connectivity index (χ1v) is 7.19. The van der Waals surface area contributed by atoms with Crippen LogP contribution in [0.4, 0.5) is 5.69 Å². The lowest BCUT2D eigenvalue weighted by molar-refractivity contribution is -0.116. The molecule has 0 aliphatic rings. The molecule has 5 heteroatoms. The molecule has 23 heavy (non-hydrogen) atoms. The maximum absolute atomic E-state index is 12.0. The average Bonchev–Trinajstić information content (AvgIpc) is 2.53. The number of aryl methyl sites for hydroxylation is 1. The maximum Gasteiger partial charge on any atom is 0.335 e. The molecule has 5 nitrogen and oxygen atoms in total. The van der Waals surface area contributed by atoms with Crippen molar-refractivity contribution < 1.29 is 19.5 Å². The van der Waals surface area contributed by atoms with Crippen LogP contribution in [0.25, 0.3) is 0 Å². The summed E-state index contributed by atoms with van der Waals surface area (Å²) in [6, 6.07) is 13.2. The maximum atomic E-state index is 12.0. The quantitative estimate of drug-likeness (QED) is 0.802. The van der Waals surface area contributed by atoms with E-state index < -0.39 is 5.97 Å². The van der Waals surface area contributed by atoms with Crippen LogP contribution in [0.5, 0.6) is 0 Å². The van der Waals surface area contributed by atoms with E-state index in [0.29, 0.717) is 11.3 Å². The van der Waals surface area contributed by atoms with Crippen molar-refractivity contribution in [3.8, 4) is 0 Å². The highest BCUT2D eigenvalue weighted by Gasteiger charge is 2.10. The van der Waals surface area contributed by atoms with E-state index in [9.17, 15) is 14.4 Å². The van der Waals surface area contributed by atoms with Crippen LogP contribution in [-0.2, 0) is 4.79 Å². The SMILES string of the molecule is Cc1ccc(C(=O)CCC(=O)Nc2cccc(C(=O)O)c2)cc1. The van der Waals surface area contributed by atoms with Crippen molar-refractivity contribution in [1.29, 1.82) is 0 Å². The summed E-state index contributed by atoms with van der Waals surface area (Å²) in [7, 11) is 0. The second-order valence-corrected chi connectivity index (χ2v) is 5.22. The number of carboxylic acid groups (broad SMARTS) is 1. The van der Waals surface area contributed by atoms with E-state index in [-0.39, 0.29) is 30.1 Å². The van der Waals surface area contributed by atoms with Crippen LogP contribution in [0.3, 0.4) is 0 Å². The van der Waals surface area contributed by atoms with Gasteiger partial charge in [-0.05, 0) is 25.1 Å². The summed E-state index contributed by atoms with van der Waals surface area (Å²) in [5.41, 5.74) is 2.14. The van der Waals surface area contributed by atoms with Crippen molar-refractivity contribution in [2.24, 2.45) is 0 Å². The molecular formula is C18H17NO4. The lowest BCUT2D eigenvalue weighted by Gasteiger charge is -2.06. The van der Waals surface area contributed by atoms with Crippen LogP contribution in [0, 0.1) is 6.92 Å². The molecule has 0 aliphatic heterocycles. The molecule has 0 fully saturated rings. The number of carbonyl (C=O) groups excluding carboxylic acids is 2. The second kappa shape index (κ2) is 7.35. The number of anilines is 1. The predicted molar refractivity (Wildman–Crippen MR) is 86.8 cm³/mol. The fraction of sp³-hybridized carbons (Fsp3) is 0.167. The topological polar surface area (TPSA) is 83.5 Å². The third kappa shape index (κ3) is 4.78. The van der Waals surface area contributed by atoms with Gasteiger partial charge in [0.25, 0.3) is 0 Å². The molecule has 0 radical (unpaired) electrons. The highest BCUT2D eigenvalue weighted by Crippen LogP contribution is 2.12. The van der Waals surface area contributed by atoms with E-state index in [1.54, 1.807) is 24.3 Å². The minimum absolute atomic E-state index is 0.0456. The van der Waals surface area contributed by atoms with Gasteiger partial charge in [0.05, 0.1) is 5.56 Å². The standard InChI is InChI=1S/C18H17NO4/c1-12-5-7-13(8-6-12)16(20)9-10-17(21)19-15-4-2-3-14(11-15)18(22)23/h2-8,11H,9-10H2,1H3,(H,19,21)(H,22,23). The van der Waals surface area contributed by atoms with Gasteiger partial charge in [0, 0.05) is 24.1 Å². The zero-order valence-corrected chi connectivity index (χ0v) is 12.7. The van der Waals surface area contributed by atoms with E-state index in [0.717, 1.165) is 5.56 Å². The van der Waals surface area contributed by atoms with E-state index in [2.05, 4.69) is 5.32 Å². The number of carboxylic acids is 1. The van der Waals surface area contributed by atoms with Crippen LogP contribution < -0.4 is 5.32 Å². The molecule has 2 aromatic carbocycles. The molecule has 0 bridgehead atoms. The smallest absolute Gasteiger partial charge is 0.335 e. The minimum atomic E-state index is -1.06. The number of hydrogen-bond acceptors (Lipinski definition) is 3. The Balaban J connectivity index is 1.90. The summed E-state index contributed by atoms with van der Waals surface area (Å²) in [6.45, 7) is 1.94. The molecule has 2 N–H and O–H groups in total. The van der Waals surface area contributed by atoms with Gasteiger partial charge < -0.3 is 10.4 Å². The number of nitrogens with one attached hydrogen (secondary N) is 1. The van der Waals surface area contributed by atoms with Gasteiger partial charge in [0.2, 0.25) is 5.91 Å². The van der Waals surface area contributed by atoms with Crippen LogP contribution in [0.1, 0.15) is 39.1 Å². The van der Waals surface area contributed by atoms with Crippen molar-refractivity contribution in [2.45, 2.75) is 19.8 Å². The number of hydrogen-bond donors (Lipinski definition) is 2. The van der Waals surface area contributed by atoms with E-state index >= 15 is 0 Å². The summed E-state index contributed by atoms with van der Waals surface area (Å²) in [5.74, 6) is -1.48. The molecule has 0 saturated heterocycles. The highest BCUT2D eigenvalue weighted by molar-refractivity contribution is 6.00. The summed E-state index contributed by atoms with van der Waals surface area (Å²) >= 11 is 0. The first-order chi connectivity index (χ1) is 11.0. The zero-order chi connectivity index (χ0) is 16.8. The van der Waals surface area contributed by atoms with Gasteiger partial charge in [-0.15, -0.1) is 0 Å². The van der Waals surface area contributed by atoms with Crippen molar-refractivity contribution in [1.82, 2.24) is 0 Å². The van der Waals surface area contributed by atoms with E-state index in [1.807, 2.05) is 19.1 Å². The molecule has 0 unspecified atom stereocenters. The van der Waals surface area contributed by atoms with Gasteiger partial charge in [0.15, 0.2) is 5.78 Å². The monoisotopic (exact) mass is 311 g/mol. The Morgan fingerprint density at radius 2 is 1.65 bits per heavy atom. The number of Topliss-reactive ketones (excluding diaryl/α,β-unsaturated/α-hetero) is 1. The molecule has 118 valence electrons. The molecule has 2 rings (SSSR count). The van der Waals surface area contributed by atoms with Crippen LogP contribution in [-0.4, -0.2) is 22.8 Å². The number of benzene rings is 2. The van der Waals surface area contributed by atoms with Crippen molar-refractivity contribution in [3.05, 3.63) is 65.2 Å². The molecule has 0 saturated carbocycles. The molecule has 0 spiro atoms. The molecule has 2 aromatic rings. The number of amides is 1. The summed E-state index contributed by atoms with van der Waals surface area (Å²) in [6.07, 6.45) is 0.150. The summed E-state index contributed by atoms with van der Waals surface area (Å²) < 4.78 is 0. The number of ketones is 1. The van der Waals surface area contributed by atoms with Crippen molar-refractivity contribution in [3.63, 3.8) is 0 Å². The fourth-order valence-electron chi connectivity index (χ4n) is 2.06. The first-order valence-electron chi connectivity index (χ1n) is 7.19. The lowest BCUT2D eigenvalue weighted by atomic mass is 10.0. The molecule has 0 heterocycles. The summed E-state index contributed by atoms with van der Waals surface area (Å²) in [4.78, 5) is 34.7. The molecule has 1 amide bonds. The normalized spacial score (nSPS) is 10.1. The van der Waals surface area contributed by atoms with Gasteiger partial charge in [-0.2, -0.15) is 0 Å². The van der Waals surface area contributed by atoms with Gasteiger partial charge in [0.1, 0.15) is 0 Å². The fourth-order valence-corrected chi connectivity index (χ4v) is 2.06. The first kappa shape index (κ1) is 16.4. The Hall–Kier alpha value is -2.95. The molecule has 0 aliphatic carbocycles. The Morgan fingerprint density at radius 1 is 0.957 bits per heavy atom. The highest BCUT2D eigenvalue weighted by atomic mass is 16.4. The van der Waals surface area contributed by atoms with Crippen LogP contribution >= 0.6 is 0 Å². The molecule has 0 aromatic heterocycles. The van der Waals surface area contributed by atoms with Gasteiger partial charge in [-0.25, -0.2) is 4.79 Å². The third-order valence-electron chi connectivity index (χ3n) is 3.35. The number of carbonyl (C=O) groups is 3. The Bertz CT molecular complexity index is 735. The van der Waals surface area contributed by atoms with Crippen molar-refractivity contribution in [2.75, 3.05) is 5.32 Å². The Morgan fingerprint density at radius 3 is 2.30 bits per heavy atom. The van der Waals surface area contributed by atoms with Gasteiger partial charge in [-0.3, -0.25) is 9.59 Å². The third-order valence-corrected chi connectivity index (χ3v) is 3.35. The largest absolute Gasteiger partial charge is 0.478 e. The molecule has 0 atom stereocenters. The summed E-state index contributed by atoms with van der Waals surface area (Å²) in [5, 5.41) is 11.5. The predicted octanol–water partition coefficient (Wildman–Crippen LogP) is 3.29. The average molecular weight is 311 g/mol. The Kier molecular flexibility index (Phi) is 5.25. The van der Waals surface area contributed by atoms with Crippen molar-refractivity contribution >= 4 is 23.3 Å². The van der Waals surface area contributed by atoms with Crippen LogP contribution in [0.15, 0.2) is 48.5 Å². The Labute approximate surface area is 134 Å². The second-order valence-electron chi connectivity index (χ2n) is 5.22. The van der Waals surface area contributed by atoms with Gasteiger partial charge >= 0.3 is 5.97 Å². The van der Waals surface area contributed by atoms with E-state index in [1.165, 1.54) is 12.1 Å². The number of aromatic carboxylic acids is 1. The van der Waals surface area contributed by atoms with Crippen LogP contribution in [0.2, 0.25) is 0 Å².